The lowest BCUT2D eigenvalue weighted by atomic mass is 9.79. The van der Waals surface area contributed by atoms with Crippen molar-refractivity contribution in [3.05, 3.63) is 29.6 Å². The van der Waals surface area contributed by atoms with Crippen LogP contribution >= 0.6 is 0 Å². The second-order valence-electron chi connectivity index (χ2n) is 11.6. The number of halogens is 1. The Balaban J connectivity index is 1.50. The van der Waals surface area contributed by atoms with Crippen LogP contribution in [0.15, 0.2) is 18.2 Å². The molecule has 0 bridgehead atoms. The first-order chi connectivity index (χ1) is 16.8. The molecule has 10 heteroatoms. The zero-order valence-corrected chi connectivity index (χ0v) is 23.2. The molecule has 0 radical (unpaired) electrons. The van der Waals surface area contributed by atoms with E-state index in [1.165, 1.54) is 17.9 Å². The zero-order valence-electron chi connectivity index (χ0n) is 22.2. The van der Waals surface area contributed by atoms with E-state index >= 15 is 4.39 Å². The van der Waals surface area contributed by atoms with Gasteiger partial charge in [0.15, 0.2) is 14.1 Å². The Morgan fingerprint density at radius 2 is 1.97 bits per heavy atom. The normalized spacial score (nSPS) is 26.4. The largest absolute Gasteiger partial charge is 0.442 e. The van der Waals surface area contributed by atoms with Gasteiger partial charge in [0.1, 0.15) is 11.9 Å². The number of nitrogens with zero attached hydrogens (tertiary/aromatic N) is 1. The summed E-state index contributed by atoms with van der Waals surface area (Å²) in [4.78, 5) is 24.9. The third kappa shape index (κ3) is 5.46. The van der Waals surface area contributed by atoms with Crippen LogP contribution < -0.4 is 10.2 Å². The SMILES string of the molecule is CC(=O)NCC1CN(c2ccc(C3CCC4(OCCO4)C(O[Si](C)(C)C(C)(C)C)C3)c(F)c2)C(=O)O1. The molecule has 1 aromatic rings. The molecule has 0 aromatic heterocycles. The predicted molar refractivity (Wildman–Crippen MR) is 136 cm³/mol. The molecule has 1 spiro atoms. The zero-order chi connectivity index (χ0) is 26.3. The number of carbonyl (C=O) groups excluding carboxylic acids is 2. The summed E-state index contributed by atoms with van der Waals surface area (Å²) < 4.78 is 39.8. The highest BCUT2D eigenvalue weighted by Crippen LogP contribution is 2.48. The molecule has 2 aliphatic heterocycles. The van der Waals surface area contributed by atoms with Gasteiger partial charge in [-0.3, -0.25) is 9.69 Å². The van der Waals surface area contributed by atoms with Crippen LogP contribution in [0.4, 0.5) is 14.9 Å². The fraction of sp³-hybridized carbons (Fsp3) is 0.692. The summed E-state index contributed by atoms with van der Waals surface area (Å²) in [6.07, 6.45) is 0.669. The van der Waals surface area contributed by atoms with Gasteiger partial charge in [0.05, 0.1) is 38.1 Å². The first-order valence-electron chi connectivity index (χ1n) is 12.8. The van der Waals surface area contributed by atoms with E-state index in [1.807, 2.05) is 0 Å². The van der Waals surface area contributed by atoms with Crippen LogP contribution in [0.1, 0.15) is 58.4 Å². The van der Waals surface area contributed by atoms with Crippen molar-refractivity contribution in [1.82, 2.24) is 5.32 Å². The van der Waals surface area contributed by atoms with Gasteiger partial charge in [-0.15, -0.1) is 0 Å². The number of carbonyl (C=O) groups is 2. The van der Waals surface area contributed by atoms with Gasteiger partial charge < -0.3 is 24.0 Å². The number of rotatable bonds is 6. The standard InChI is InChI=1S/C26H39FN2O6Si/c1-17(30)28-15-20-16-29(24(31)34-20)19-7-8-21(22(27)14-19)18-9-10-26(32-11-12-33-26)23(13-18)35-36(5,6)25(2,3)4/h7-8,14,18,20,23H,9-13,15-16H2,1-6H3,(H,28,30). The van der Waals surface area contributed by atoms with E-state index < -0.39 is 26.3 Å². The number of ether oxygens (including phenoxy) is 3. The van der Waals surface area contributed by atoms with Crippen molar-refractivity contribution in [2.24, 2.45) is 0 Å². The molecule has 8 nitrogen and oxygen atoms in total. The van der Waals surface area contributed by atoms with Crippen molar-refractivity contribution < 1.29 is 32.6 Å². The molecule has 1 aliphatic carbocycles. The minimum absolute atomic E-state index is 0.0226. The van der Waals surface area contributed by atoms with Crippen LogP contribution in [-0.2, 0) is 23.4 Å². The second-order valence-corrected chi connectivity index (χ2v) is 16.4. The molecule has 1 aromatic carbocycles. The summed E-state index contributed by atoms with van der Waals surface area (Å²) >= 11 is 0. The fourth-order valence-electron chi connectivity index (χ4n) is 4.96. The van der Waals surface area contributed by atoms with Crippen molar-refractivity contribution in [3.63, 3.8) is 0 Å². The van der Waals surface area contributed by atoms with Gasteiger partial charge in [-0.25, -0.2) is 9.18 Å². The molecule has 200 valence electrons. The fourth-order valence-corrected chi connectivity index (χ4v) is 6.30. The maximum Gasteiger partial charge on any atom is 0.414 e. The molecule has 3 fully saturated rings. The average Bonchev–Trinajstić information content (AvgIpc) is 3.40. The molecule has 3 unspecified atom stereocenters. The van der Waals surface area contributed by atoms with Crippen LogP contribution in [0.25, 0.3) is 0 Å². The van der Waals surface area contributed by atoms with E-state index in [1.54, 1.807) is 12.1 Å². The highest BCUT2D eigenvalue weighted by molar-refractivity contribution is 6.74. The highest BCUT2D eigenvalue weighted by Gasteiger charge is 2.53. The summed E-state index contributed by atoms with van der Waals surface area (Å²) in [6.45, 7) is 14.0. The minimum Gasteiger partial charge on any atom is -0.442 e. The van der Waals surface area contributed by atoms with Crippen molar-refractivity contribution in [2.75, 3.05) is 31.2 Å². The molecule has 4 rings (SSSR count). The maximum absolute atomic E-state index is 15.5. The molecule has 2 heterocycles. The molecule has 1 N–H and O–H groups in total. The average molecular weight is 523 g/mol. The van der Waals surface area contributed by atoms with Gasteiger partial charge in [-0.2, -0.15) is 0 Å². The van der Waals surface area contributed by atoms with Crippen LogP contribution in [0.2, 0.25) is 18.1 Å². The quantitative estimate of drug-likeness (QED) is 0.546. The summed E-state index contributed by atoms with van der Waals surface area (Å²) in [5.74, 6) is -1.36. The molecule has 1 saturated carbocycles. The molecule has 3 aliphatic rings. The van der Waals surface area contributed by atoms with Gasteiger partial charge >= 0.3 is 6.09 Å². The lowest BCUT2D eigenvalue weighted by Gasteiger charge is -2.48. The van der Waals surface area contributed by atoms with Gasteiger partial charge in [0, 0.05) is 13.3 Å². The predicted octanol–water partition coefficient (Wildman–Crippen LogP) is 4.69. The van der Waals surface area contributed by atoms with Crippen LogP contribution in [0.3, 0.4) is 0 Å². The second kappa shape index (κ2) is 10.0. The first-order valence-corrected chi connectivity index (χ1v) is 15.7. The van der Waals surface area contributed by atoms with E-state index in [2.05, 4.69) is 39.2 Å². The Morgan fingerprint density at radius 1 is 1.28 bits per heavy atom. The maximum atomic E-state index is 15.5. The third-order valence-electron chi connectivity index (χ3n) is 8.04. The van der Waals surface area contributed by atoms with Crippen LogP contribution in [-0.4, -0.2) is 64.6 Å². The smallest absolute Gasteiger partial charge is 0.414 e. The van der Waals surface area contributed by atoms with Crippen LogP contribution in [0, 0.1) is 5.82 Å². The molecule has 36 heavy (non-hydrogen) atoms. The summed E-state index contributed by atoms with van der Waals surface area (Å²) in [5.41, 5.74) is 1.05. The van der Waals surface area contributed by atoms with Gasteiger partial charge in [0.2, 0.25) is 5.91 Å². The van der Waals surface area contributed by atoms with Gasteiger partial charge in [0.25, 0.3) is 0 Å². The lowest BCUT2D eigenvalue weighted by molar-refractivity contribution is -0.233. The van der Waals surface area contributed by atoms with Crippen LogP contribution in [0.5, 0.6) is 0 Å². The number of hydrogen-bond donors (Lipinski definition) is 1. The summed E-state index contributed by atoms with van der Waals surface area (Å²) in [7, 11) is -2.12. The number of hydrogen-bond acceptors (Lipinski definition) is 6. The van der Waals surface area contributed by atoms with E-state index in [0.717, 1.165) is 6.42 Å². The van der Waals surface area contributed by atoms with Gasteiger partial charge in [-0.05, 0) is 54.6 Å². The Hall–Kier alpha value is -2.01. The molecular formula is C26H39FN2O6Si. The summed E-state index contributed by atoms with van der Waals surface area (Å²) in [5, 5.41) is 2.67. The monoisotopic (exact) mass is 522 g/mol. The number of cyclic esters (lactones) is 1. The minimum atomic E-state index is -2.12. The molecule has 2 amide bonds. The first kappa shape index (κ1) is 27.0. The Bertz CT molecular complexity index is 991. The topological polar surface area (TPSA) is 86.3 Å². The number of benzene rings is 1. The van der Waals surface area contributed by atoms with E-state index in [4.69, 9.17) is 18.6 Å². The van der Waals surface area contributed by atoms with Crippen molar-refractivity contribution in [3.8, 4) is 0 Å². The Labute approximate surface area is 213 Å². The molecular weight excluding hydrogens is 483 g/mol. The Kier molecular flexibility index (Phi) is 7.54. The molecule has 3 atom stereocenters. The number of amides is 2. The van der Waals surface area contributed by atoms with Crippen molar-refractivity contribution in [1.29, 1.82) is 0 Å². The van der Waals surface area contributed by atoms with Crippen molar-refractivity contribution in [2.45, 2.75) is 89.0 Å². The van der Waals surface area contributed by atoms with Crippen molar-refractivity contribution >= 4 is 26.0 Å². The Morgan fingerprint density at radius 3 is 2.58 bits per heavy atom. The number of nitrogens with one attached hydrogen (secondary N) is 1. The third-order valence-corrected chi connectivity index (χ3v) is 12.5. The highest BCUT2D eigenvalue weighted by atomic mass is 28.4. The van der Waals surface area contributed by atoms with E-state index in [-0.39, 0.29) is 41.9 Å². The lowest BCUT2D eigenvalue weighted by Crippen LogP contribution is -2.55. The number of anilines is 1. The summed E-state index contributed by atoms with van der Waals surface area (Å²) in [6, 6.07) is 4.92. The molecule has 2 saturated heterocycles. The van der Waals surface area contributed by atoms with Gasteiger partial charge in [-0.1, -0.05) is 26.8 Å². The van der Waals surface area contributed by atoms with E-state index in [9.17, 15) is 9.59 Å². The van der Waals surface area contributed by atoms with E-state index in [0.29, 0.717) is 37.3 Å².